The van der Waals surface area contributed by atoms with Gasteiger partial charge in [0.1, 0.15) is 5.75 Å². The first kappa shape index (κ1) is 18.4. The fourth-order valence-corrected chi connectivity index (χ4v) is 3.79. The summed E-state index contributed by atoms with van der Waals surface area (Å²) in [7, 11) is 1.62. The second-order valence-electron chi connectivity index (χ2n) is 7.42. The van der Waals surface area contributed by atoms with E-state index in [0.29, 0.717) is 19.3 Å². The van der Waals surface area contributed by atoms with Crippen LogP contribution in [0.5, 0.6) is 5.75 Å². The van der Waals surface area contributed by atoms with Gasteiger partial charge in [-0.2, -0.15) is 0 Å². The number of hydrogen-bond acceptors (Lipinski definition) is 4. The Morgan fingerprint density at radius 1 is 1.21 bits per heavy atom. The van der Waals surface area contributed by atoms with E-state index in [0.717, 1.165) is 27.8 Å². The Kier molecular flexibility index (Phi) is 5.26. The summed E-state index contributed by atoms with van der Waals surface area (Å²) in [6, 6.07) is 17.4. The lowest BCUT2D eigenvalue weighted by Gasteiger charge is -2.38. The van der Waals surface area contributed by atoms with Crippen LogP contribution in [-0.4, -0.2) is 29.2 Å². The predicted octanol–water partition coefficient (Wildman–Crippen LogP) is 3.41. The molecule has 144 valence electrons. The molecule has 0 bridgehead atoms. The van der Waals surface area contributed by atoms with Crippen molar-refractivity contribution in [2.75, 3.05) is 7.11 Å². The van der Waals surface area contributed by atoms with Crippen LogP contribution in [0.2, 0.25) is 0 Å². The average Bonchev–Trinajstić information content (AvgIpc) is 2.70. The van der Waals surface area contributed by atoms with E-state index in [-0.39, 0.29) is 24.0 Å². The van der Waals surface area contributed by atoms with E-state index < -0.39 is 0 Å². The number of methoxy groups -OCH3 is 1. The van der Waals surface area contributed by atoms with Crippen LogP contribution < -0.4 is 10.1 Å². The predicted molar refractivity (Wildman–Crippen MR) is 108 cm³/mol. The Balaban J connectivity index is 1.52. The smallest absolute Gasteiger partial charge is 0.224 e. The van der Waals surface area contributed by atoms with Crippen molar-refractivity contribution in [3.8, 4) is 5.75 Å². The summed E-state index contributed by atoms with van der Waals surface area (Å²) in [5, 5.41) is 14.0. The van der Waals surface area contributed by atoms with Gasteiger partial charge in [-0.1, -0.05) is 30.3 Å². The van der Waals surface area contributed by atoms with Gasteiger partial charge in [-0.05, 0) is 54.2 Å². The number of nitrogens with zero attached hydrogens (tertiary/aromatic N) is 1. The molecule has 1 aromatic heterocycles. The second kappa shape index (κ2) is 7.98. The standard InChI is InChI=1S/C23H24N2O3/c1-28-20-8-6-15(7-9-20)10-22(27)25-23(17-12-19(26)13-17)18-11-16-4-2-3-5-21(16)24-14-18/h2-9,11,14,17,19,23,26H,10,12-13H2,1H3,(H,25,27)/t17?,19?,23-/m0/s1. The maximum atomic E-state index is 12.7. The number of rotatable bonds is 6. The highest BCUT2D eigenvalue weighted by molar-refractivity contribution is 5.81. The zero-order valence-electron chi connectivity index (χ0n) is 15.8. The van der Waals surface area contributed by atoms with Gasteiger partial charge in [0.15, 0.2) is 0 Å². The van der Waals surface area contributed by atoms with Gasteiger partial charge in [0, 0.05) is 11.6 Å². The first-order chi connectivity index (χ1) is 13.6. The third-order valence-electron chi connectivity index (χ3n) is 5.43. The van der Waals surface area contributed by atoms with Crippen molar-refractivity contribution in [2.45, 2.75) is 31.4 Å². The van der Waals surface area contributed by atoms with E-state index in [1.807, 2.05) is 54.7 Å². The first-order valence-corrected chi connectivity index (χ1v) is 9.57. The van der Waals surface area contributed by atoms with Crippen LogP contribution in [0, 0.1) is 5.92 Å². The lowest BCUT2D eigenvalue weighted by Crippen LogP contribution is -2.41. The van der Waals surface area contributed by atoms with E-state index in [1.54, 1.807) is 7.11 Å². The molecule has 0 unspecified atom stereocenters. The lowest BCUT2D eigenvalue weighted by molar-refractivity contribution is -0.122. The van der Waals surface area contributed by atoms with Crippen LogP contribution in [-0.2, 0) is 11.2 Å². The number of carbonyl (C=O) groups excluding carboxylic acids is 1. The third-order valence-corrected chi connectivity index (χ3v) is 5.43. The summed E-state index contributed by atoms with van der Waals surface area (Å²) in [6.07, 6.45) is 3.25. The third kappa shape index (κ3) is 3.99. The van der Waals surface area contributed by atoms with Crippen molar-refractivity contribution in [1.82, 2.24) is 10.3 Å². The van der Waals surface area contributed by atoms with E-state index in [2.05, 4.69) is 16.4 Å². The molecule has 4 rings (SSSR count). The normalized spacial score (nSPS) is 19.6. The molecule has 28 heavy (non-hydrogen) atoms. The monoisotopic (exact) mass is 376 g/mol. The highest BCUT2D eigenvalue weighted by atomic mass is 16.5. The highest BCUT2D eigenvalue weighted by Gasteiger charge is 2.35. The molecule has 1 aliphatic carbocycles. The van der Waals surface area contributed by atoms with Crippen LogP contribution >= 0.6 is 0 Å². The summed E-state index contributed by atoms with van der Waals surface area (Å²) < 4.78 is 5.16. The molecule has 1 atom stereocenters. The molecule has 0 radical (unpaired) electrons. The summed E-state index contributed by atoms with van der Waals surface area (Å²) in [5.74, 6) is 0.954. The van der Waals surface area contributed by atoms with Crippen LogP contribution in [0.15, 0.2) is 60.8 Å². The number of amides is 1. The topological polar surface area (TPSA) is 71.5 Å². The Labute approximate surface area is 164 Å². The molecule has 0 aliphatic heterocycles. The maximum absolute atomic E-state index is 12.7. The van der Waals surface area contributed by atoms with Gasteiger partial charge >= 0.3 is 0 Å². The molecule has 1 aliphatic rings. The molecule has 0 spiro atoms. The molecule has 5 heteroatoms. The van der Waals surface area contributed by atoms with Crippen molar-refractivity contribution < 1.29 is 14.6 Å². The molecular weight excluding hydrogens is 352 g/mol. The van der Waals surface area contributed by atoms with Gasteiger partial charge in [-0.3, -0.25) is 9.78 Å². The van der Waals surface area contributed by atoms with Gasteiger partial charge < -0.3 is 15.2 Å². The Morgan fingerprint density at radius 2 is 1.96 bits per heavy atom. The number of nitrogens with one attached hydrogen (secondary N) is 1. The van der Waals surface area contributed by atoms with Crippen molar-refractivity contribution in [3.63, 3.8) is 0 Å². The highest BCUT2D eigenvalue weighted by Crippen LogP contribution is 2.38. The van der Waals surface area contributed by atoms with Crippen molar-refractivity contribution in [3.05, 3.63) is 71.9 Å². The van der Waals surface area contributed by atoms with Gasteiger partial charge in [-0.15, -0.1) is 0 Å². The summed E-state index contributed by atoms with van der Waals surface area (Å²) in [4.78, 5) is 17.3. The number of hydrogen-bond donors (Lipinski definition) is 2. The van der Waals surface area contributed by atoms with Crippen molar-refractivity contribution in [1.29, 1.82) is 0 Å². The van der Waals surface area contributed by atoms with Crippen molar-refractivity contribution >= 4 is 16.8 Å². The second-order valence-corrected chi connectivity index (χ2v) is 7.42. The summed E-state index contributed by atoms with van der Waals surface area (Å²) >= 11 is 0. The zero-order valence-corrected chi connectivity index (χ0v) is 15.8. The van der Waals surface area contributed by atoms with Crippen molar-refractivity contribution in [2.24, 2.45) is 5.92 Å². The van der Waals surface area contributed by atoms with E-state index in [1.165, 1.54) is 0 Å². The molecular formula is C23H24N2O3. The van der Waals surface area contributed by atoms with Crippen LogP contribution in [0.4, 0.5) is 0 Å². The maximum Gasteiger partial charge on any atom is 0.224 e. The largest absolute Gasteiger partial charge is 0.497 e. The molecule has 1 saturated carbocycles. The molecule has 3 aromatic rings. The zero-order chi connectivity index (χ0) is 19.5. The number of pyridine rings is 1. The van der Waals surface area contributed by atoms with Crippen LogP contribution in [0.25, 0.3) is 10.9 Å². The van der Waals surface area contributed by atoms with Crippen LogP contribution in [0.1, 0.15) is 30.0 Å². The van der Waals surface area contributed by atoms with E-state index >= 15 is 0 Å². The molecule has 5 nitrogen and oxygen atoms in total. The number of carbonyl (C=O) groups is 1. The first-order valence-electron chi connectivity index (χ1n) is 9.57. The van der Waals surface area contributed by atoms with Crippen LogP contribution in [0.3, 0.4) is 0 Å². The molecule has 1 heterocycles. The number of para-hydroxylation sites is 1. The van der Waals surface area contributed by atoms with Gasteiger partial charge in [0.25, 0.3) is 0 Å². The van der Waals surface area contributed by atoms with Gasteiger partial charge in [0.2, 0.25) is 5.91 Å². The molecule has 1 amide bonds. The average molecular weight is 376 g/mol. The fourth-order valence-electron chi connectivity index (χ4n) is 3.79. The minimum absolute atomic E-state index is 0.0373. The quantitative estimate of drug-likeness (QED) is 0.692. The Bertz CT molecular complexity index is 965. The Morgan fingerprint density at radius 3 is 2.68 bits per heavy atom. The van der Waals surface area contributed by atoms with E-state index in [9.17, 15) is 9.90 Å². The fraction of sp³-hybridized carbons (Fsp3) is 0.304. The number of aliphatic hydroxyl groups excluding tert-OH is 1. The summed E-state index contributed by atoms with van der Waals surface area (Å²) in [5.41, 5.74) is 2.85. The number of benzene rings is 2. The number of ether oxygens (including phenoxy) is 1. The number of aliphatic hydroxyl groups is 1. The number of fused-ring (bicyclic) bond motifs is 1. The van der Waals surface area contributed by atoms with E-state index in [4.69, 9.17) is 4.74 Å². The molecule has 2 N–H and O–H groups in total. The minimum atomic E-state index is -0.278. The summed E-state index contributed by atoms with van der Waals surface area (Å²) in [6.45, 7) is 0. The minimum Gasteiger partial charge on any atom is -0.497 e. The molecule has 2 aromatic carbocycles. The van der Waals surface area contributed by atoms with Gasteiger partial charge in [-0.25, -0.2) is 0 Å². The Hall–Kier alpha value is -2.92. The number of aromatic nitrogens is 1. The molecule has 0 saturated heterocycles. The lowest BCUT2D eigenvalue weighted by atomic mass is 9.75. The molecule has 1 fully saturated rings. The van der Waals surface area contributed by atoms with Gasteiger partial charge in [0.05, 0.1) is 31.2 Å². The SMILES string of the molecule is COc1ccc(CC(=O)N[C@H](c2cnc3ccccc3c2)C2CC(O)C2)cc1.